The van der Waals surface area contributed by atoms with Crippen molar-refractivity contribution < 1.29 is 4.42 Å². The van der Waals surface area contributed by atoms with Crippen LogP contribution in [0.2, 0.25) is 0 Å². The molecule has 3 aliphatic rings. The fraction of sp³-hybridized carbons (Fsp3) is 0.213. The van der Waals surface area contributed by atoms with Gasteiger partial charge in [0.15, 0.2) is 5.58 Å². The quantitative estimate of drug-likeness (QED) is 0.189. The summed E-state index contributed by atoms with van der Waals surface area (Å²) in [5.74, 6) is 0.678. The Hall–Kier alpha value is -5.21. The molecule has 3 aliphatic carbocycles. The van der Waals surface area contributed by atoms with Crippen molar-refractivity contribution in [2.24, 2.45) is 0 Å². The number of benzene rings is 6. The minimum atomic E-state index is -0.159. The van der Waals surface area contributed by atoms with E-state index in [0.717, 1.165) is 16.7 Å². The zero-order chi connectivity index (χ0) is 33.6. The number of aryl methyl sites for hydroxylation is 1. The van der Waals surface area contributed by atoms with Crippen molar-refractivity contribution in [1.29, 1.82) is 0 Å². The second kappa shape index (κ2) is 9.27. The van der Waals surface area contributed by atoms with Gasteiger partial charge in [0.1, 0.15) is 5.52 Å². The highest BCUT2D eigenvalue weighted by molar-refractivity contribution is 5.94. The van der Waals surface area contributed by atoms with Crippen molar-refractivity contribution in [3.8, 4) is 56.0 Å². The van der Waals surface area contributed by atoms with Crippen LogP contribution in [0.1, 0.15) is 80.5 Å². The second-order valence-corrected chi connectivity index (χ2v) is 16.1. The summed E-state index contributed by atoms with van der Waals surface area (Å²) in [6, 6.07) is 40.9. The third-order valence-electron chi connectivity index (χ3n) is 12.2. The molecule has 10 rings (SSSR count). The third-order valence-corrected chi connectivity index (χ3v) is 12.2. The van der Waals surface area contributed by atoms with Gasteiger partial charge in [-0.3, -0.25) is 0 Å². The predicted octanol–water partition coefficient (Wildman–Crippen LogP) is 12.4. The Balaban J connectivity index is 1.09. The molecule has 0 unspecified atom stereocenters. The van der Waals surface area contributed by atoms with Crippen LogP contribution in [-0.4, -0.2) is 4.98 Å². The van der Waals surface area contributed by atoms with Gasteiger partial charge in [-0.25, -0.2) is 4.98 Å². The van der Waals surface area contributed by atoms with Gasteiger partial charge in [-0.1, -0.05) is 102 Å². The number of nitrogens with zero attached hydrogens (tertiary/aromatic N) is 1. The summed E-state index contributed by atoms with van der Waals surface area (Å²) in [6.45, 7) is 16.5. The Labute approximate surface area is 288 Å². The van der Waals surface area contributed by atoms with Crippen LogP contribution < -0.4 is 0 Å². The summed E-state index contributed by atoms with van der Waals surface area (Å²) in [5.41, 5.74) is 22.8. The lowest BCUT2D eigenvalue weighted by Crippen LogP contribution is -2.17. The summed E-state index contributed by atoms with van der Waals surface area (Å²) in [7, 11) is 0. The fourth-order valence-corrected chi connectivity index (χ4v) is 9.24. The third kappa shape index (κ3) is 3.75. The Kier molecular flexibility index (Phi) is 5.44. The molecule has 2 nitrogen and oxygen atoms in total. The number of aromatic nitrogens is 1. The molecule has 0 fully saturated rings. The molecule has 1 heterocycles. The highest BCUT2D eigenvalue weighted by Gasteiger charge is 2.44. The highest BCUT2D eigenvalue weighted by atomic mass is 16.3. The van der Waals surface area contributed by atoms with Crippen LogP contribution in [0.4, 0.5) is 0 Å². The molecule has 6 aromatic carbocycles. The van der Waals surface area contributed by atoms with E-state index in [1.165, 1.54) is 83.5 Å². The number of fused-ring (bicyclic) bond motifs is 10. The monoisotopic (exact) mass is 633 g/mol. The number of para-hydroxylation sites is 2. The topological polar surface area (TPSA) is 26.0 Å². The standard InChI is InChI=1S/C47H39NO/c1-26-12-14-27(15-13-26)28-16-18-30-32-22-40-34(24-38(32)45(2,3)36(30)20-28)35-25-39-33(23-41(35)47(40,6)7)31-19-17-29(21-37(31)46(39,4)5)44-48-42-10-8-9-11-43(42)49-44/h8-25H,1-7H3. The van der Waals surface area contributed by atoms with Crippen LogP contribution in [0, 0.1) is 6.92 Å². The molecular formula is C47H39NO. The molecular weight excluding hydrogens is 595 g/mol. The van der Waals surface area contributed by atoms with Crippen molar-refractivity contribution in [2.45, 2.75) is 64.7 Å². The predicted molar refractivity (Wildman–Crippen MR) is 202 cm³/mol. The van der Waals surface area contributed by atoms with Crippen molar-refractivity contribution in [3.05, 3.63) is 148 Å². The summed E-state index contributed by atoms with van der Waals surface area (Å²) >= 11 is 0. The first-order valence-corrected chi connectivity index (χ1v) is 17.5. The van der Waals surface area contributed by atoms with Gasteiger partial charge in [-0.15, -0.1) is 0 Å². The van der Waals surface area contributed by atoms with E-state index in [1.807, 2.05) is 24.3 Å². The average Bonchev–Trinajstić information content (AvgIpc) is 3.76. The zero-order valence-corrected chi connectivity index (χ0v) is 29.2. The van der Waals surface area contributed by atoms with Crippen LogP contribution in [0.25, 0.3) is 67.1 Å². The van der Waals surface area contributed by atoms with E-state index >= 15 is 0 Å². The molecule has 0 amide bonds. The van der Waals surface area contributed by atoms with Crippen molar-refractivity contribution in [1.82, 2.24) is 4.98 Å². The summed E-state index contributed by atoms with van der Waals surface area (Å²) in [6.07, 6.45) is 0. The molecule has 238 valence electrons. The minimum absolute atomic E-state index is 0.0966. The van der Waals surface area contributed by atoms with Crippen LogP contribution in [0.3, 0.4) is 0 Å². The van der Waals surface area contributed by atoms with E-state index in [9.17, 15) is 0 Å². The Morgan fingerprint density at radius 3 is 1.39 bits per heavy atom. The zero-order valence-electron chi connectivity index (χ0n) is 29.2. The molecule has 0 radical (unpaired) electrons. The first kappa shape index (κ1) is 28.8. The van der Waals surface area contributed by atoms with Crippen LogP contribution >= 0.6 is 0 Å². The lowest BCUT2D eigenvalue weighted by atomic mass is 9.78. The maximum atomic E-state index is 6.19. The van der Waals surface area contributed by atoms with Gasteiger partial charge in [0.25, 0.3) is 0 Å². The Bertz CT molecular complexity index is 2540. The molecule has 0 saturated heterocycles. The number of hydrogen-bond acceptors (Lipinski definition) is 2. The number of oxazole rings is 1. The van der Waals surface area contributed by atoms with E-state index in [-0.39, 0.29) is 16.2 Å². The maximum absolute atomic E-state index is 6.19. The van der Waals surface area contributed by atoms with Gasteiger partial charge >= 0.3 is 0 Å². The summed E-state index contributed by atoms with van der Waals surface area (Å²) in [4.78, 5) is 4.81. The molecule has 2 heteroatoms. The normalized spacial score (nSPS) is 16.6. The first-order chi connectivity index (χ1) is 23.4. The average molecular weight is 634 g/mol. The Morgan fingerprint density at radius 1 is 0.429 bits per heavy atom. The van der Waals surface area contributed by atoms with E-state index in [4.69, 9.17) is 9.40 Å². The van der Waals surface area contributed by atoms with Crippen molar-refractivity contribution >= 4 is 11.1 Å². The van der Waals surface area contributed by atoms with Crippen molar-refractivity contribution in [2.75, 3.05) is 0 Å². The molecule has 1 aromatic heterocycles. The van der Waals surface area contributed by atoms with Gasteiger partial charge in [-0.05, 0) is 139 Å². The number of rotatable bonds is 2. The van der Waals surface area contributed by atoms with Crippen LogP contribution in [0.5, 0.6) is 0 Å². The minimum Gasteiger partial charge on any atom is -0.436 e. The van der Waals surface area contributed by atoms with E-state index in [2.05, 4.69) is 133 Å². The second-order valence-electron chi connectivity index (χ2n) is 16.1. The van der Waals surface area contributed by atoms with Gasteiger partial charge in [0.2, 0.25) is 5.89 Å². The van der Waals surface area contributed by atoms with Crippen molar-refractivity contribution in [3.63, 3.8) is 0 Å². The molecule has 0 aliphatic heterocycles. The highest BCUT2D eigenvalue weighted by Crippen LogP contribution is 2.59. The molecule has 0 bridgehead atoms. The molecule has 0 atom stereocenters. The molecule has 0 N–H and O–H groups in total. The maximum Gasteiger partial charge on any atom is 0.227 e. The first-order valence-electron chi connectivity index (χ1n) is 17.5. The smallest absolute Gasteiger partial charge is 0.227 e. The SMILES string of the molecule is Cc1ccc(-c2ccc3c(c2)C(C)(C)c2cc4c(cc2-3)C(C)(C)c2cc3c(cc2-4)C(C)(C)c2cc(-c4nc5ccccc5o4)ccc2-3)cc1. The van der Waals surface area contributed by atoms with E-state index in [0.29, 0.717) is 5.89 Å². The lowest BCUT2D eigenvalue weighted by molar-refractivity contribution is 0.618. The molecule has 0 saturated carbocycles. The largest absolute Gasteiger partial charge is 0.436 e. The molecule has 0 spiro atoms. The van der Waals surface area contributed by atoms with Gasteiger partial charge in [0, 0.05) is 21.8 Å². The van der Waals surface area contributed by atoms with Gasteiger partial charge in [-0.2, -0.15) is 0 Å². The van der Waals surface area contributed by atoms with Gasteiger partial charge in [0.05, 0.1) is 0 Å². The summed E-state index contributed by atoms with van der Waals surface area (Å²) < 4.78 is 6.19. The molecule has 49 heavy (non-hydrogen) atoms. The summed E-state index contributed by atoms with van der Waals surface area (Å²) in [5, 5.41) is 0. The van der Waals surface area contributed by atoms with E-state index in [1.54, 1.807) is 0 Å². The molecule has 7 aromatic rings. The van der Waals surface area contributed by atoms with E-state index < -0.39 is 0 Å². The van der Waals surface area contributed by atoms with Crippen LogP contribution in [0.15, 0.2) is 114 Å². The Morgan fingerprint density at radius 2 is 0.857 bits per heavy atom. The van der Waals surface area contributed by atoms with Gasteiger partial charge < -0.3 is 4.42 Å². The lowest BCUT2D eigenvalue weighted by Gasteiger charge is -2.25. The number of hydrogen-bond donors (Lipinski definition) is 0. The fourth-order valence-electron chi connectivity index (χ4n) is 9.24. The van der Waals surface area contributed by atoms with Crippen LogP contribution in [-0.2, 0) is 16.2 Å².